The molecule has 1 aromatic carbocycles. The van der Waals surface area contributed by atoms with Crippen LogP contribution in [0, 0.1) is 11.7 Å². The summed E-state index contributed by atoms with van der Waals surface area (Å²) in [4.78, 5) is 25.2. The van der Waals surface area contributed by atoms with Gasteiger partial charge in [0.2, 0.25) is 0 Å². The van der Waals surface area contributed by atoms with Crippen LogP contribution in [0.25, 0.3) is 0 Å². The lowest BCUT2D eigenvalue weighted by molar-refractivity contribution is -0.128. The van der Waals surface area contributed by atoms with Crippen LogP contribution in [0.1, 0.15) is 49.5 Å². The van der Waals surface area contributed by atoms with Crippen molar-refractivity contribution in [3.63, 3.8) is 0 Å². The Balaban J connectivity index is 1.34. The van der Waals surface area contributed by atoms with E-state index in [0.717, 1.165) is 38.2 Å². The fourth-order valence-corrected chi connectivity index (χ4v) is 5.07. The van der Waals surface area contributed by atoms with Crippen LogP contribution in [0.4, 0.5) is 4.39 Å². The maximum Gasteiger partial charge on any atom is 0.272 e. The van der Waals surface area contributed by atoms with E-state index in [1.54, 1.807) is 24.0 Å². The van der Waals surface area contributed by atoms with Crippen LogP contribution >= 0.6 is 11.6 Å². The lowest BCUT2D eigenvalue weighted by Crippen LogP contribution is -2.67. The maximum atomic E-state index is 13.5. The minimum Gasteiger partial charge on any atom is -0.484 e. The van der Waals surface area contributed by atoms with Crippen molar-refractivity contribution in [2.24, 2.45) is 13.0 Å². The van der Waals surface area contributed by atoms with E-state index >= 15 is 0 Å². The number of halogens is 2. The van der Waals surface area contributed by atoms with E-state index < -0.39 is 5.82 Å². The molecule has 1 heterocycles. The molecule has 7 nitrogen and oxygen atoms in total. The summed E-state index contributed by atoms with van der Waals surface area (Å²) in [5, 5.41) is 10.6. The maximum absolute atomic E-state index is 13.5. The summed E-state index contributed by atoms with van der Waals surface area (Å²) < 4.78 is 20.6. The second kappa shape index (κ2) is 8.15. The van der Waals surface area contributed by atoms with Gasteiger partial charge in [-0.15, -0.1) is 0 Å². The van der Waals surface area contributed by atoms with Gasteiger partial charge in [0.05, 0.1) is 5.02 Å². The van der Waals surface area contributed by atoms with Crippen LogP contribution in [0.15, 0.2) is 30.5 Å². The van der Waals surface area contributed by atoms with E-state index in [1.165, 1.54) is 12.1 Å². The van der Waals surface area contributed by atoms with Crippen molar-refractivity contribution in [2.75, 3.05) is 6.61 Å². The van der Waals surface area contributed by atoms with Gasteiger partial charge in [-0.25, -0.2) is 4.39 Å². The first-order chi connectivity index (χ1) is 14.7. The van der Waals surface area contributed by atoms with E-state index in [9.17, 15) is 14.0 Å². The standard InChI is InChI=1S/C22H26ClFN4O3/c1-14-12-21(26-20(30)18-5-10-28(2)27-18)6-8-22(14,9-7-21)25-19(29)13-31-15-3-4-16(23)17(24)11-15/h3-5,10-11,14H,6-9,12-13H2,1-2H3,(H,25,29)(H,26,30). The Bertz CT molecular complexity index is 1000. The molecule has 3 saturated carbocycles. The van der Waals surface area contributed by atoms with Gasteiger partial charge in [0.15, 0.2) is 6.61 Å². The van der Waals surface area contributed by atoms with Crippen molar-refractivity contribution in [3.8, 4) is 5.75 Å². The van der Waals surface area contributed by atoms with Crippen molar-refractivity contribution in [1.82, 2.24) is 20.4 Å². The van der Waals surface area contributed by atoms with Gasteiger partial charge in [-0.2, -0.15) is 5.10 Å². The molecular formula is C22H26ClFN4O3. The molecule has 3 aliphatic carbocycles. The highest BCUT2D eigenvalue weighted by Gasteiger charge is 2.54. The molecule has 0 radical (unpaired) electrons. The molecule has 9 heteroatoms. The third-order valence-corrected chi connectivity index (χ3v) is 7.02. The number of carbonyl (C=O) groups is 2. The van der Waals surface area contributed by atoms with Crippen molar-refractivity contribution in [3.05, 3.63) is 47.0 Å². The van der Waals surface area contributed by atoms with Gasteiger partial charge < -0.3 is 15.4 Å². The Labute approximate surface area is 185 Å². The van der Waals surface area contributed by atoms with Crippen LogP contribution in [-0.4, -0.2) is 39.3 Å². The average molecular weight is 449 g/mol. The fourth-order valence-electron chi connectivity index (χ4n) is 4.95. The molecule has 166 valence electrons. The Hall–Kier alpha value is -2.61. The minimum atomic E-state index is -0.588. The molecule has 2 N–H and O–H groups in total. The summed E-state index contributed by atoms with van der Waals surface area (Å²) in [7, 11) is 1.78. The number of aromatic nitrogens is 2. The van der Waals surface area contributed by atoms with Crippen molar-refractivity contribution < 1.29 is 18.7 Å². The first-order valence-corrected chi connectivity index (χ1v) is 10.8. The van der Waals surface area contributed by atoms with E-state index in [-0.39, 0.29) is 46.2 Å². The summed E-state index contributed by atoms with van der Waals surface area (Å²) in [5.41, 5.74) is -0.169. The van der Waals surface area contributed by atoms with Crippen LogP contribution in [0.2, 0.25) is 5.02 Å². The summed E-state index contributed by atoms with van der Waals surface area (Å²) in [5.74, 6) is -0.540. The SMILES string of the molecule is CC1CC2(NC(=O)c3ccn(C)n3)CCC1(NC(=O)COc1ccc(Cl)c(F)c1)CC2. The second-order valence-electron chi connectivity index (χ2n) is 8.78. The number of carbonyl (C=O) groups excluding carboxylic acids is 2. The molecule has 0 spiro atoms. The molecule has 1 atom stereocenters. The van der Waals surface area contributed by atoms with Gasteiger partial charge in [0, 0.05) is 30.4 Å². The molecule has 1 aromatic heterocycles. The van der Waals surface area contributed by atoms with E-state index in [1.807, 2.05) is 0 Å². The van der Waals surface area contributed by atoms with Gasteiger partial charge >= 0.3 is 0 Å². The van der Waals surface area contributed by atoms with E-state index in [4.69, 9.17) is 16.3 Å². The van der Waals surface area contributed by atoms with Gasteiger partial charge in [0.1, 0.15) is 17.3 Å². The smallest absolute Gasteiger partial charge is 0.272 e. The molecule has 0 saturated heterocycles. The second-order valence-corrected chi connectivity index (χ2v) is 9.19. The largest absolute Gasteiger partial charge is 0.484 e. The highest BCUT2D eigenvalue weighted by molar-refractivity contribution is 6.30. The van der Waals surface area contributed by atoms with Crippen LogP contribution in [0.5, 0.6) is 5.75 Å². The number of nitrogens with zero attached hydrogens (tertiary/aromatic N) is 2. The topological polar surface area (TPSA) is 85.3 Å². The van der Waals surface area contributed by atoms with Gasteiger partial charge in [-0.1, -0.05) is 18.5 Å². The third-order valence-electron chi connectivity index (χ3n) is 6.71. The van der Waals surface area contributed by atoms with Gasteiger partial charge in [-0.05, 0) is 56.2 Å². The number of hydrogen-bond acceptors (Lipinski definition) is 4. The molecule has 5 rings (SSSR count). The van der Waals surface area contributed by atoms with E-state index in [0.29, 0.717) is 5.69 Å². The highest BCUT2D eigenvalue weighted by atomic mass is 35.5. The van der Waals surface area contributed by atoms with Crippen molar-refractivity contribution in [1.29, 1.82) is 0 Å². The van der Waals surface area contributed by atoms with Gasteiger partial charge in [0.25, 0.3) is 11.8 Å². The first kappa shape index (κ1) is 21.6. The fraction of sp³-hybridized carbons (Fsp3) is 0.500. The molecule has 1 unspecified atom stereocenters. The molecule has 31 heavy (non-hydrogen) atoms. The summed E-state index contributed by atoms with van der Waals surface area (Å²) >= 11 is 5.67. The Morgan fingerprint density at radius 3 is 2.61 bits per heavy atom. The Morgan fingerprint density at radius 1 is 1.26 bits per heavy atom. The Kier molecular flexibility index (Phi) is 5.68. The minimum absolute atomic E-state index is 0.00699. The zero-order valence-corrected chi connectivity index (χ0v) is 18.3. The third kappa shape index (κ3) is 4.39. The number of amides is 2. The number of aryl methyl sites for hydroxylation is 1. The van der Waals surface area contributed by atoms with Crippen LogP contribution in [-0.2, 0) is 11.8 Å². The lowest BCUT2D eigenvalue weighted by atomic mass is 9.56. The number of benzene rings is 1. The lowest BCUT2D eigenvalue weighted by Gasteiger charge is -2.57. The highest BCUT2D eigenvalue weighted by Crippen LogP contribution is 2.50. The van der Waals surface area contributed by atoms with Crippen LogP contribution in [0.3, 0.4) is 0 Å². The van der Waals surface area contributed by atoms with Gasteiger partial charge in [-0.3, -0.25) is 14.3 Å². The summed E-state index contributed by atoms with van der Waals surface area (Å²) in [6, 6.07) is 5.79. The quantitative estimate of drug-likeness (QED) is 0.710. The zero-order chi connectivity index (χ0) is 22.2. The number of fused-ring (bicyclic) bond motifs is 3. The number of rotatable bonds is 6. The summed E-state index contributed by atoms with van der Waals surface area (Å²) in [6.07, 6.45) is 5.67. The number of nitrogens with one attached hydrogen (secondary N) is 2. The molecule has 3 aliphatic rings. The summed E-state index contributed by atoms with van der Waals surface area (Å²) in [6.45, 7) is 1.91. The molecule has 3 fully saturated rings. The van der Waals surface area contributed by atoms with Crippen molar-refractivity contribution >= 4 is 23.4 Å². The molecular weight excluding hydrogens is 423 g/mol. The average Bonchev–Trinajstić information content (AvgIpc) is 3.17. The molecule has 0 aliphatic heterocycles. The molecule has 2 aromatic rings. The number of hydrogen-bond donors (Lipinski definition) is 2. The van der Waals surface area contributed by atoms with Crippen molar-refractivity contribution in [2.45, 2.75) is 50.1 Å². The zero-order valence-electron chi connectivity index (χ0n) is 17.6. The molecule has 2 bridgehead atoms. The van der Waals surface area contributed by atoms with E-state index in [2.05, 4.69) is 22.7 Å². The predicted molar refractivity (Wildman–Crippen MR) is 113 cm³/mol. The number of ether oxygens (including phenoxy) is 1. The normalized spacial score (nSPS) is 27.0. The molecule has 2 amide bonds. The Morgan fingerprint density at radius 2 is 2.00 bits per heavy atom. The first-order valence-electron chi connectivity index (χ1n) is 10.4. The predicted octanol–water partition coefficient (Wildman–Crippen LogP) is 3.23. The van der Waals surface area contributed by atoms with Crippen LogP contribution < -0.4 is 15.4 Å². The monoisotopic (exact) mass is 448 g/mol.